The van der Waals surface area contributed by atoms with Crippen LogP contribution in [0.25, 0.3) is 10.9 Å². The molecule has 3 rings (SSSR count). The molecule has 0 bridgehead atoms. The minimum Gasteiger partial charge on any atom is -0.444 e. The third-order valence-corrected chi connectivity index (χ3v) is 2.38. The number of nitrogens with one attached hydrogen (secondary N) is 1. The summed E-state index contributed by atoms with van der Waals surface area (Å²) in [6.45, 7) is 0.291. The first-order valence-electron chi connectivity index (χ1n) is 4.65. The van der Waals surface area contributed by atoms with Gasteiger partial charge in [-0.05, 0) is 12.1 Å². The topological polar surface area (TPSA) is 51.2 Å². The normalized spacial score (nSPS) is 14.3. The van der Waals surface area contributed by atoms with Crippen molar-refractivity contribution in [1.29, 1.82) is 0 Å². The van der Waals surface area contributed by atoms with Gasteiger partial charge in [0.25, 0.3) is 0 Å². The monoisotopic (exact) mass is 200 g/mol. The SMILES string of the molecule is O=C1Nc2nc3ccccc3cc2CO1. The lowest BCUT2D eigenvalue weighted by Crippen LogP contribution is -2.21. The Morgan fingerprint density at radius 1 is 1.33 bits per heavy atom. The van der Waals surface area contributed by atoms with E-state index in [4.69, 9.17) is 4.74 Å². The summed E-state index contributed by atoms with van der Waals surface area (Å²) in [7, 11) is 0. The van der Waals surface area contributed by atoms with Gasteiger partial charge in [-0.2, -0.15) is 0 Å². The molecule has 0 radical (unpaired) electrons. The number of pyridine rings is 1. The molecule has 0 atom stereocenters. The van der Waals surface area contributed by atoms with Crippen molar-refractivity contribution < 1.29 is 9.53 Å². The van der Waals surface area contributed by atoms with Crippen molar-refractivity contribution in [2.75, 3.05) is 5.32 Å². The van der Waals surface area contributed by atoms with Gasteiger partial charge in [0.1, 0.15) is 12.4 Å². The van der Waals surface area contributed by atoms with Crippen molar-refractivity contribution in [3.63, 3.8) is 0 Å². The molecule has 15 heavy (non-hydrogen) atoms. The van der Waals surface area contributed by atoms with Crippen molar-refractivity contribution in [3.05, 3.63) is 35.9 Å². The van der Waals surface area contributed by atoms with E-state index in [1.54, 1.807) is 0 Å². The summed E-state index contributed by atoms with van der Waals surface area (Å²) in [6.07, 6.45) is -0.440. The fraction of sp³-hybridized carbons (Fsp3) is 0.0909. The van der Waals surface area contributed by atoms with Crippen molar-refractivity contribution in [2.24, 2.45) is 0 Å². The van der Waals surface area contributed by atoms with E-state index >= 15 is 0 Å². The van der Waals surface area contributed by atoms with E-state index < -0.39 is 6.09 Å². The molecule has 1 aliphatic heterocycles. The van der Waals surface area contributed by atoms with Gasteiger partial charge < -0.3 is 4.74 Å². The number of fused-ring (bicyclic) bond motifs is 2. The maximum Gasteiger partial charge on any atom is 0.413 e. The molecule has 74 valence electrons. The molecular weight excluding hydrogens is 192 g/mol. The summed E-state index contributed by atoms with van der Waals surface area (Å²) in [4.78, 5) is 15.3. The molecular formula is C11H8N2O2. The molecule has 2 aromatic rings. The first-order chi connectivity index (χ1) is 7.33. The summed E-state index contributed by atoms with van der Waals surface area (Å²) < 4.78 is 4.86. The van der Waals surface area contributed by atoms with Crippen LogP contribution >= 0.6 is 0 Å². The molecule has 4 nitrogen and oxygen atoms in total. The highest BCUT2D eigenvalue weighted by molar-refractivity contribution is 5.90. The van der Waals surface area contributed by atoms with Crippen molar-refractivity contribution in [3.8, 4) is 0 Å². The fourth-order valence-electron chi connectivity index (χ4n) is 1.65. The number of nitrogens with zero attached hydrogens (tertiary/aromatic N) is 1. The zero-order valence-corrected chi connectivity index (χ0v) is 7.86. The van der Waals surface area contributed by atoms with Crippen LogP contribution in [0.15, 0.2) is 30.3 Å². The summed E-state index contributed by atoms with van der Waals surface area (Å²) in [5.74, 6) is 0.602. The predicted octanol–water partition coefficient (Wildman–Crippen LogP) is 2.30. The molecule has 0 unspecified atom stereocenters. The molecule has 1 amide bonds. The molecule has 0 spiro atoms. The van der Waals surface area contributed by atoms with Crippen LogP contribution in [-0.2, 0) is 11.3 Å². The van der Waals surface area contributed by atoms with Gasteiger partial charge in [-0.15, -0.1) is 0 Å². The number of anilines is 1. The number of carbonyl (C=O) groups is 1. The van der Waals surface area contributed by atoms with E-state index in [1.807, 2.05) is 30.3 Å². The van der Waals surface area contributed by atoms with Crippen LogP contribution in [0, 0.1) is 0 Å². The van der Waals surface area contributed by atoms with Crippen LogP contribution in [0.1, 0.15) is 5.56 Å². The van der Waals surface area contributed by atoms with Crippen LogP contribution < -0.4 is 5.32 Å². The van der Waals surface area contributed by atoms with E-state index in [0.29, 0.717) is 12.4 Å². The van der Waals surface area contributed by atoms with Gasteiger partial charge >= 0.3 is 6.09 Å². The Hall–Kier alpha value is -2.10. The smallest absolute Gasteiger partial charge is 0.413 e. The molecule has 1 N–H and O–H groups in total. The number of ether oxygens (including phenoxy) is 1. The Labute approximate surface area is 85.9 Å². The Balaban J connectivity index is 2.24. The summed E-state index contributed by atoms with van der Waals surface area (Å²) in [5, 5.41) is 3.63. The quantitative estimate of drug-likeness (QED) is 0.709. The molecule has 1 aliphatic rings. The number of carbonyl (C=O) groups excluding carboxylic acids is 1. The first-order valence-corrected chi connectivity index (χ1v) is 4.65. The van der Waals surface area contributed by atoms with Gasteiger partial charge in [0.15, 0.2) is 0 Å². The van der Waals surface area contributed by atoms with E-state index in [9.17, 15) is 4.79 Å². The summed E-state index contributed by atoms with van der Waals surface area (Å²) >= 11 is 0. The van der Waals surface area contributed by atoms with Crippen molar-refractivity contribution in [2.45, 2.75) is 6.61 Å². The molecule has 1 aromatic heterocycles. The number of hydrogen-bond acceptors (Lipinski definition) is 3. The highest BCUT2D eigenvalue weighted by Crippen LogP contribution is 2.23. The number of cyclic esters (lactones) is 1. The highest BCUT2D eigenvalue weighted by atomic mass is 16.5. The lowest BCUT2D eigenvalue weighted by atomic mass is 10.1. The zero-order valence-electron chi connectivity index (χ0n) is 7.86. The van der Waals surface area contributed by atoms with Crippen molar-refractivity contribution in [1.82, 2.24) is 4.98 Å². The minimum atomic E-state index is -0.440. The third-order valence-electron chi connectivity index (χ3n) is 2.38. The van der Waals surface area contributed by atoms with E-state index in [2.05, 4.69) is 10.3 Å². The minimum absolute atomic E-state index is 0.291. The molecule has 0 saturated heterocycles. The van der Waals surface area contributed by atoms with Gasteiger partial charge in [0, 0.05) is 10.9 Å². The number of aromatic nitrogens is 1. The van der Waals surface area contributed by atoms with Gasteiger partial charge in [-0.25, -0.2) is 9.78 Å². The summed E-state index contributed by atoms with van der Waals surface area (Å²) in [6, 6.07) is 9.76. The molecule has 1 aromatic carbocycles. The van der Waals surface area contributed by atoms with Crippen LogP contribution in [0.5, 0.6) is 0 Å². The maximum atomic E-state index is 11.0. The lowest BCUT2D eigenvalue weighted by Gasteiger charge is -2.16. The second-order valence-corrected chi connectivity index (χ2v) is 3.39. The van der Waals surface area contributed by atoms with Crippen LogP contribution in [0.4, 0.5) is 10.6 Å². The lowest BCUT2D eigenvalue weighted by molar-refractivity contribution is 0.151. The number of benzene rings is 1. The standard InChI is InChI=1S/C11H8N2O2/c14-11-13-10-8(6-15-11)5-7-3-1-2-4-9(7)12-10/h1-5H,6H2,(H,12,13,14). The molecule has 0 fully saturated rings. The Kier molecular flexibility index (Phi) is 1.62. The fourth-order valence-corrected chi connectivity index (χ4v) is 1.65. The third kappa shape index (κ3) is 1.30. The number of rotatable bonds is 0. The van der Waals surface area contributed by atoms with Crippen LogP contribution in [-0.4, -0.2) is 11.1 Å². The van der Waals surface area contributed by atoms with Gasteiger partial charge in [-0.1, -0.05) is 18.2 Å². The highest BCUT2D eigenvalue weighted by Gasteiger charge is 2.17. The van der Waals surface area contributed by atoms with Crippen LogP contribution in [0.2, 0.25) is 0 Å². The largest absolute Gasteiger partial charge is 0.444 e. The Bertz CT molecular complexity index is 551. The zero-order chi connectivity index (χ0) is 10.3. The number of amides is 1. The Morgan fingerprint density at radius 3 is 3.13 bits per heavy atom. The van der Waals surface area contributed by atoms with E-state index in [0.717, 1.165) is 16.5 Å². The Morgan fingerprint density at radius 2 is 2.20 bits per heavy atom. The van der Waals surface area contributed by atoms with Crippen molar-refractivity contribution >= 4 is 22.8 Å². The van der Waals surface area contributed by atoms with Gasteiger partial charge in [0.2, 0.25) is 0 Å². The van der Waals surface area contributed by atoms with Crippen LogP contribution in [0.3, 0.4) is 0 Å². The summed E-state index contributed by atoms with van der Waals surface area (Å²) in [5.41, 5.74) is 1.78. The van der Waals surface area contributed by atoms with E-state index in [1.165, 1.54) is 0 Å². The second-order valence-electron chi connectivity index (χ2n) is 3.39. The predicted molar refractivity (Wildman–Crippen MR) is 55.6 cm³/mol. The molecule has 2 heterocycles. The second kappa shape index (κ2) is 2.95. The first kappa shape index (κ1) is 8.23. The average molecular weight is 200 g/mol. The molecule has 0 saturated carbocycles. The maximum absolute atomic E-state index is 11.0. The molecule has 0 aliphatic carbocycles. The van der Waals surface area contributed by atoms with Gasteiger partial charge in [0.05, 0.1) is 5.52 Å². The van der Waals surface area contributed by atoms with Gasteiger partial charge in [-0.3, -0.25) is 5.32 Å². The average Bonchev–Trinajstić information content (AvgIpc) is 2.26. The number of hydrogen-bond donors (Lipinski definition) is 1. The van der Waals surface area contributed by atoms with E-state index in [-0.39, 0.29) is 0 Å². The number of para-hydroxylation sites is 1. The molecule has 4 heteroatoms.